The van der Waals surface area contributed by atoms with E-state index in [-0.39, 0.29) is 0 Å². The molecule has 1 aromatic carbocycles. The topological polar surface area (TPSA) is 70.5 Å². The second-order valence-electron chi connectivity index (χ2n) is 16.3. The molecule has 282 valence electrons. The first-order chi connectivity index (χ1) is 24.2. The van der Waals surface area contributed by atoms with Gasteiger partial charge in [-0.1, -0.05) is 81.7 Å². The van der Waals surface area contributed by atoms with Crippen molar-refractivity contribution in [1.29, 1.82) is 0 Å². The van der Waals surface area contributed by atoms with Crippen molar-refractivity contribution in [2.24, 2.45) is 17.3 Å². The predicted molar refractivity (Wildman–Crippen MR) is 214 cm³/mol. The number of halogens is 1. The minimum Gasteiger partial charge on any atom is -0.345 e. The van der Waals surface area contributed by atoms with Crippen molar-refractivity contribution in [2.45, 2.75) is 113 Å². The lowest BCUT2D eigenvalue weighted by Crippen LogP contribution is -2.46. The lowest BCUT2D eigenvalue weighted by atomic mass is 9.98. The summed E-state index contributed by atoms with van der Waals surface area (Å²) in [6.45, 7) is 23.9. The number of aryl methyl sites for hydroxylation is 2. The van der Waals surface area contributed by atoms with Gasteiger partial charge in [0.05, 0.1) is 12.0 Å². The van der Waals surface area contributed by atoms with Gasteiger partial charge in [-0.3, -0.25) is 9.59 Å². The van der Waals surface area contributed by atoms with Crippen LogP contribution in [0.15, 0.2) is 65.7 Å². The van der Waals surface area contributed by atoms with E-state index in [2.05, 4.69) is 99.9 Å². The molecule has 0 spiro atoms. The summed E-state index contributed by atoms with van der Waals surface area (Å²) in [5.41, 5.74) is 8.75. The van der Waals surface area contributed by atoms with Gasteiger partial charge in [-0.05, 0) is 112 Å². The van der Waals surface area contributed by atoms with Gasteiger partial charge in [0.2, 0.25) is 12.3 Å². The van der Waals surface area contributed by atoms with Crippen molar-refractivity contribution in [3.8, 4) is 0 Å². The highest BCUT2D eigenvalue weighted by molar-refractivity contribution is 6.30. The Bertz CT molecular complexity index is 1470. The van der Waals surface area contributed by atoms with E-state index in [9.17, 15) is 9.59 Å². The van der Waals surface area contributed by atoms with Crippen molar-refractivity contribution in [3.05, 3.63) is 87.5 Å². The molecule has 0 radical (unpaired) electrons. The first-order valence-corrected chi connectivity index (χ1v) is 19.6. The van der Waals surface area contributed by atoms with E-state index in [0.717, 1.165) is 108 Å². The second kappa shape index (κ2) is 21.4. The maximum Gasteiger partial charge on any atom is 0.225 e. The number of carbonyl (C=O) groups excluding carboxylic acids is 2. The Labute approximate surface area is 314 Å². The minimum absolute atomic E-state index is 0.395. The van der Waals surface area contributed by atoms with Gasteiger partial charge in [-0.2, -0.15) is 0 Å². The highest BCUT2D eigenvalue weighted by Crippen LogP contribution is 2.31. The molecule has 7 nitrogen and oxygen atoms in total. The van der Waals surface area contributed by atoms with E-state index in [4.69, 9.17) is 11.6 Å². The number of benzene rings is 1. The Kier molecular flexibility index (Phi) is 17.7. The molecular formula is C43H66ClN5O2. The van der Waals surface area contributed by atoms with Crippen LogP contribution in [0.1, 0.15) is 104 Å². The van der Waals surface area contributed by atoms with Gasteiger partial charge in [0.25, 0.3) is 0 Å². The fourth-order valence-corrected chi connectivity index (χ4v) is 6.43. The number of rotatable bonds is 7. The van der Waals surface area contributed by atoms with Crippen LogP contribution < -0.4 is 5.32 Å². The van der Waals surface area contributed by atoms with Gasteiger partial charge >= 0.3 is 0 Å². The van der Waals surface area contributed by atoms with Gasteiger partial charge in [-0.25, -0.2) is 4.98 Å². The second-order valence-corrected chi connectivity index (χ2v) is 16.7. The Balaban J connectivity index is 0.000000200. The number of carbonyl (C=O) groups is 2. The summed E-state index contributed by atoms with van der Waals surface area (Å²) >= 11 is 6.10. The highest BCUT2D eigenvalue weighted by atomic mass is 35.5. The Morgan fingerprint density at radius 2 is 1.75 bits per heavy atom. The minimum atomic E-state index is 0.395. The van der Waals surface area contributed by atoms with Crippen LogP contribution in [0.25, 0.3) is 0 Å². The first-order valence-electron chi connectivity index (χ1n) is 19.2. The third-order valence-corrected chi connectivity index (χ3v) is 9.59. The van der Waals surface area contributed by atoms with Crippen LogP contribution in [0.5, 0.6) is 0 Å². The molecule has 1 aromatic heterocycles. The maximum absolute atomic E-state index is 11.5. The summed E-state index contributed by atoms with van der Waals surface area (Å²) in [4.78, 5) is 30.2. The SMILES string of the molecule is CC(C)(C)C.CC/C(C)=C/C=C\C1=C(C)Cc2ccc(Cl)cc2CC1.Cc1cn(CC2CCCN(C=O)C2)cn1.O=C(C1CC1)N1CCNCC1. The fourth-order valence-electron chi connectivity index (χ4n) is 6.24. The summed E-state index contributed by atoms with van der Waals surface area (Å²) in [6.07, 6.45) is 20.5. The molecule has 2 aliphatic heterocycles. The Hall–Kier alpha value is -3.16. The first kappa shape index (κ1) is 42.3. The van der Waals surface area contributed by atoms with E-state index in [0.29, 0.717) is 23.2 Å². The van der Waals surface area contributed by atoms with E-state index in [1.54, 1.807) is 0 Å². The summed E-state index contributed by atoms with van der Waals surface area (Å²) in [5, 5.41) is 4.08. The molecule has 2 aliphatic carbocycles. The van der Waals surface area contributed by atoms with E-state index >= 15 is 0 Å². The average molecular weight is 720 g/mol. The molecule has 2 aromatic rings. The predicted octanol–water partition coefficient (Wildman–Crippen LogP) is 9.00. The zero-order chi connectivity index (χ0) is 37.4. The van der Waals surface area contributed by atoms with Crippen LogP contribution >= 0.6 is 11.6 Å². The van der Waals surface area contributed by atoms with Crippen molar-refractivity contribution in [1.82, 2.24) is 24.7 Å². The lowest BCUT2D eigenvalue weighted by Gasteiger charge is -2.29. The molecule has 3 fully saturated rings. The number of piperazine rings is 1. The molecule has 0 bridgehead atoms. The van der Waals surface area contributed by atoms with Gasteiger partial charge in [0.15, 0.2) is 0 Å². The Morgan fingerprint density at radius 3 is 2.35 bits per heavy atom. The smallest absolute Gasteiger partial charge is 0.225 e. The average Bonchev–Trinajstić information content (AvgIpc) is 3.89. The molecule has 3 heterocycles. The number of nitrogens with one attached hydrogen (secondary N) is 1. The Morgan fingerprint density at radius 1 is 1.04 bits per heavy atom. The number of likely N-dealkylation sites (tertiary alicyclic amines) is 1. The fraction of sp³-hybridized carbons (Fsp3) is 0.605. The zero-order valence-corrected chi connectivity index (χ0v) is 33.7. The van der Waals surface area contributed by atoms with Gasteiger partial charge in [-0.15, -0.1) is 0 Å². The van der Waals surface area contributed by atoms with Crippen molar-refractivity contribution in [3.63, 3.8) is 0 Å². The van der Waals surface area contributed by atoms with E-state index in [1.165, 1.54) is 34.3 Å². The number of aromatic nitrogens is 2. The normalized spacial score (nSPS) is 19.5. The molecule has 1 unspecified atom stereocenters. The van der Waals surface area contributed by atoms with Crippen LogP contribution in [0.2, 0.25) is 5.02 Å². The van der Waals surface area contributed by atoms with Gasteiger partial charge < -0.3 is 19.7 Å². The number of imidazole rings is 1. The quantitative estimate of drug-likeness (QED) is 0.229. The number of hydrogen-bond acceptors (Lipinski definition) is 4. The van der Waals surface area contributed by atoms with Crippen LogP contribution in [0.4, 0.5) is 0 Å². The number of fused-ring (bicyclic) bond motifs is 1. The van der Waals surface area contributed by atoms with Gasteiger partial charge in [0.1, 0.15) is 0 Å². The third kappa shape index (κ3) is 16.8. The van der Waals surface area contributed by atoms with Gasteiger partial charge in [0, 0.05) is 63.0 Å². The molecule has 4 aliphatic rings. The largest absolute Gasteiger partial charge is 0.345 e. The third-order valence-electron chi connectivity index (χ3n) is 9.36. The molecule has 2 saturated heterocycles. The molecule has 51 heavy (non-hydrogen) atoms. The number of piperidine rings is 1. The van der Waals surface area contributed by atoms with Crippen molar-refractivity contribution >= 4 is 23.9 Å². The zero-order valence-electron chi connectivity index (χ0n) is 32.9. The maximum atomic E-state index is 11.5. The molecule has 8 heteroatoms. The number of hydrogen-bond donors (Lipinski definition) is 1. The molecule has 1 N–H and O–H groups in total. The molecular weight excluding hydrogens is 654 g/mol. The molecule has 1 atom stereocenters. The summed E-state index contributed by atoms with van der Waals surface area (Å²) in [6, 6.07) is 6.30. The number of nitrogens with zero attached hydrogens (tertiary/aromatic N) is 4. The van der Waals surface area contributed by atoms with Crippen LogP contribution in [0.3, 0.4) is 0 Å². The molecule has 2 amide bonds. The summed E-state index contributed by atoms with van der Waals surface area (Å²) < 4.78 is 2.12. The summed E-state index contributed by atoms with van der Waals surface area (Å²) in [7, 11) is 0. The van der Waals surface area contributed by atoms with Crippen molar-refractivity contribution < 1.29 is 9.59 Å². The summed E-state index contributed by atoms with van der Waals surface area (Å²) in [5.74, 6) is 1.37. The van der Waals surface area contributed by atoms with E-state index in [1.807, 2.05) is 29.1 Å². The van der Waals surface area contributed by atoms with Crippen LogP contribution in [0, 0.1) is 24.2 Å². The van der Waals surface area contributed by atoms with Crippen molar-refractivity contribution in [2.75, 3.05) is 39.3 Å². The highest BCUT2D eigenvalue weighted by Gasteiger charge is 2.33. The molecule has 6 rings (SSSR count). The van der Waals surface area contributed by atoms with E-state index < -0.39 is 0 Å². The van der Waals surface area contributed by atoms with Crippen LogP contribution in [-0.4, -0.2) is 70.9 Å². The standard InChI is InChI=1S/C19H23Cl.C11H17N3O.C8H14N2O.C5H12/c1-4-14(2)6-5-7-16-8-9-18-13-19(20)11-10-17(18)12-15(16)3;1-10-5-14(8-12-10)7-11-3-2-4-13(6-11)9-15;11-8(7-1-2-7)10-5-3-9-4-6-10;1-5(2,3)4/h5-7,10-11,13H,4,8-9,12H2,1-3H3;5,8-9,11H,2-4,6-7H2,1H3;7,9H,1-6H2;1-4H3/b7-5-,14-6+;;;. The number of amides is 2. The lowest BCUT2D eigenvalue weighted by molar-refractivity contribution is -0.133. The monoisotopic (exact) mass is 719 g/mol. The number of allylic oxidation sites excluding steroid dienone is 6. The van der Waals surface area contributed by atoms with Crippen LogP contribution in [-0.2, 0) is 29.0 Å². The molecule has 1 saturated carbocycles.